The van der Waals surface area contributed by atoms with Crippen LogP contribution in [0, 0.1) is 6.92 Å². The highest BCUT2D eigenvalue weighted by Gasteiger charge is 2.10. The highest BCUT2D eigenvalue weighted by molar-refractivity contribution is 5.76. The van der Waals surface area contributed by atoms with Crippen LogP contribution in [0.1, 0.15) is 32.3 Å². The van der Waals surface area contributed by atoms with Crippen LogP contribution >= 0.6 is 0 Å². The number of rotatable bonds is 7. The number of hydrogen-bond donors (Lipinski definition) is 2. The van der Waals surface area contributed by atoms with Crippen LogP contribution in [-0.2, 0) is 4.79 Å². The van der Waals surface area contributed by atoms with Crippen LogP contribution in [0.2, 0.25) is 0 Å². The second-order valence-corrected chi connectivity index (χ2v) is 4.92. The fourth-order valence-corrected chi connectivity index (χ4v) is 1.89. The maximum absolute atomic E-state index is 11.6. The van der Waals surface area contributed by atoms with E-state index in [-0.39, 0.29) is 11.9 Å². The van der Waals surface area contributed by atoms with Crippen molar-refractivity contribution in [2.75, 3.05) is 6.61 Å². The van der Waals surface area contributed by atoms with E-state index in [1.165, 1.54) is 0 Å². The summed E-state index contributed by atoms with van der Waals surface area (Å²) in [4.78, 5) is 11.6. The molecule has 1 rings (SSSR count). The third-order valence-electron chi connectivity index (χ3n) is 2.78. The zero-order chi connectivity index (χ0) is 14.3. The highest BCUT2D eigenvalue weighted by Crippen LogP contribution is 2.16. The molecular formula is C15H23NO3. The fraction of sp³-hybridized carbons (Fsp3) is 0.533. The first kappa shape index (κ1) is 15.5. The molecular weight excluding hydrogens is 242 g/mol. The largest absolute Gasteiger partial charge is 0.493 e. The van der Waals surface area contributed by atoms with Crippen LogP contribution in [0.15, 0.2) is 24.3 Å². The summed E-state index contributed by atoms with van der Waals surface area (Å²) < 4.78 is 5.56. The molecule has 106 valence electrons. The molecule has 1 aromatic rings. The van der Waals surface area contributed by atoms with E-state index in [4.69, 9.17) is 4.74 Å². The van der Waals surface area contributed by atoms with Crippen molar-refractivity contribution in [2.45, 2.75) is 45.8 Å². The van der Waals surface area contributed by atoms with Crippen LogP contribution in [0.5, 0.6) is 5.75 Å². The first-order valence-corrected chi connectivity index (χ1v) is 6.65. The van der Waals surface area contributed by atoms with E-state index in [9.17, 15) is 9.90 Å². The molecule has 4 nitrogen and oxygen atoms in total. The van der Waals surface area contributed by atoms with Crippen LogP contribution in [0.3, 0.4) is 0 Å². The third kappa shape index (κ3) is 6.25. The predicted molar refractivity (Wildman–Crippen MR) is 75.2 cm³/mol. The lowest BCUT2D eigenvalue weighted by molar-refractivity contribution is -0.122. The second kappa shape index (κ2) is 7.79. The molecule has 1 aromatic carbocycles. The van der Waals surface area contributed by atoms with Crippen LogP contribution in [-0.4, -0.2) is 29.8 Å². The minimum Gasteiger partial charge on any atom is -0.493 e. The molecule has 2 atom stereocenters. The Morgan fingerprint density at radius 3 is 2.68 bits per heavy atom. The van der Waals surface area contributed by atoms with Crippen molar-refractivity contribution < 1.29 is 14.6 Å². The Kier molecular flexibility index (Phi) is 6.36. The molecule has 2 unspecified atom stereocenters. The Hall–Kier alpha value is -1.55. The topological polar surface area (TPSA) is 58.6 Å². The standard InChI is InChI=1S/C15H23NO3/c1-11-6-4-5-7-14(11)19-9-8-15(18)16-12(2)10-13(3)17/h4-7,12-13,17H,8-10H2,1-3H3,(H,16,18). The van der Waals surface area contributed by atoms with E-state index in [0.717, 1.165) is 11.3 Å². The van der Waals surface area contributed by atoms with Gasteiger partial charge >= 0.3 is 0 Å². The van der Waals surface area contributed by atoms with Gasteiger partial charge in [-0.25, -0.2) is 0 Å². The lowest BCUT2D eigenvalue weighted by Gasteiger charge is -2.15. The molecule has 0 aliphatic carbocycles. The summed E-state index contributed by atoms with van der Waals surface area (Å²) in [6, 6.07) is 7.70. The zero-order valence-corrected chi connectivity index (χ0v) is 11.8. The molecule has 4 heteroatoms. The SMILES string of the molecule is Cc1ccccc1OCCC(=O)NC(C)CC(C)O. The number of hydrogen-bond acceptors (Lipinski definition) is 3. The van der Waals surface area contributed by atoms with Crippen molar-refractivity contribution in [1.82, 2.24) is 5.32 Å². The monoisotopic (exact) mass is 265 g/mol. The van der Waals surface area contributed by atoms with E-state index >= 15 is 0 Å². The van der Waals surface area contributed by atoms with Crippen molar-refractivity contribution >= 4 is 5.91 Å². The molecule has 0 heterocycles. The fourth-order valence-electron chi connectivity index (χ4n) is 1.89. The summed E-state index contributed by atoms with van der Waals surface area (Å²) in [6.07, 6.45) is 0.474. The van der Waals surface area contributed by atoms with Gasteiger partial charge in [0.2, 0.25) is 5.91 Å². The lowest BCUT2D eigenvalue weighted by Crippen LogP contribution is -2.35. The minimum absolute atomic E-state index is 0.0223. The van der Waals surface area contributed by atoms with Crippen molar-refractivity contribution in [2.24, 2.45) is 0 Å². The molecule has 0 aliphatic rings. The number of aliphatic hydroxyl groups is 1. The van der Waals surface area contributed by atoms with E-state index in [2.05, 4.69) is 5.32 Å². The van der Waals surface area contributed by atoms with Gasteiger partial charge in [0.1, 0.15) is 5.75 Å². The molecule has 19 heavy (non-hydrogen) atoms. The van der Waals surface area contributed by atoms with Crippen LogP contribution in [0.25, 0.3) is 0 Å². The van der Waals surface area contributed by atoms with Crippen LogP contribution in [0.4, 0.5) is 0 Å². The molecule has 0 spiro atoms. The first-order valence-electron chi connectivity index (χ1n) is 6.65. The molecule has 0 bridgehead atoms. The normalized spacial score (nSPS) is 13.7. The van der Waals surface area contributed by atoms with Gasteiger partial charge in [-0.15, -0.1) is 0 Å². The van der Waals surface area contributed by atoms with E-state index in [1.807, 2.05) is 38.1 Å². The highest BCUT2D eigenvalue weighted by atomic mass is 16.5. The van der Waals surface area contributed by atoms with Gasteiger partial charge in [-0.05, 0) is 38.8 Å². The van der Waals surface area contributed by atoms with Gasteiger partial charge in [-0.1, -0.05) is 18.2 Å². The number of aliphatic hydroxyl groups excluding tert-OH is 1. The van der Waals surface area contributed by atoms with Gasteiger partial charge in [-0.3, -0.25) is 4.79 Å². The minimum atomic E-state index is -0.404. The summed E-state index contributed by atoms with van der Waals surface area (Å²) in [5.41, 5.74) is 1.06. The lowest BCUT2D eigenvalue weighted by atomic mass is 10.1. The average Bonchev–Trinajstić information content (AvgIpc) is 2.30. The van der Waals surface area contributed by atoms with E-state index in [1.54, 1.807) is 6.92 Å². The van der Waals surface area contributed by atoms with E-state index < -0.39 is 6.10 Å². The number of benzene rings is 1. The number of para-hydroxylation sites is 1. The van der Waals surface area contributed by atoms with Gasteiger partial charge in [0, 0.05) is 6.04 Å². The van der Waals surface area contributed by atoms with Gasteiger partial charge < -0.3 is 15.2 Å². The summed E-state index contributed by atoms with van der Waals surface area (Å²) in [6.45, 7) is 5.93. The van der Waals surface area contributed by atoms with Crippen molar-refractivity contribution in [3.05, 3.63) is 29.8 Å². The zero-order valence-electron chi connectivity index (χ0n) is 11.8. The summed E-state index contributed by atoms with van der Waals surface area (Å²) in [7, 11) is 0. The first-order chi connectivity index (χ1) is 8.99. The van der Waals surface area contributed by atoms with Crippen LogP contribution < -0.4 is 10.1 Å². The molecule has 2 N–H and O–H groups in total. The summed E-state index contributed by atoms with van der Waals surface area (Å²) in [5, 5.41) is 12.0. The maximum Gasteiger partial charge on any atom is 0.223 e. The molecule has 0 aliphatic heterocycles. The second-order valence-electron chi connectivity index (χ2n) is 4.92. The molecule has 0 saturated heterocycles. The average molecular weight is 265 g/mol. The predicted octanol–water partition coefficient (Wildman–Crippen LogP) is 2.04. The number of carbonyl (C=O) groups excluding carboxylic acids is 1. The van der Waals surface area contributed by atoms with Gasteiger partial charge in [0.15, 0.2) is 0 Å². The quantitative estimate of drug-likeness (QED) is 0.793. The third-order valence-corrected chi connectivity index (χ3v) is 2.78. The van der Waals surface area contributed by atoms with Gasteiger partial charge in [0.05, 0.1) is 19.1 Å². The summed E-state index contributed by atoms with van der Waals surface area (Å²) >= 11 is 0. The molecule has 0 radical (unpaired) electrons. The van der Waals surface area contributed by atoms with E-state index in [0.29, 0.717) is 19.4 Å². The van der Waals surface area contributed by atoms with Crippen molar-refractivity contribution in [3.8, 4) is 5.75 Å². The number of carbonyl (C=O) groups is 1. The van der Waals surface area contributed by atoms with Crippen molar-refractivity contribution in [3.63, 3.8) is 0 Å². The Morgan fingerprint density at radius 1 is 1.37 bits per heavy atom. The Bertz CT molecular complexity index is 404. The number of aryl methyl sites for hydroxylation is 1. The van der Waals surface area contributed by atoms with Crippen molar-refractivity contribution in [1.29, 1.82) is 0 Å². The Morgan fingerprint density at radius 2 is 2.05 bits per heavy atom. The molecule has 0 saturated carbocycles. The van der Waals surface area contributed by atoms with Gasteiger partial charge in [-0.2, -0.15) is 0 Å². The number of ether oxygens (including phenoxy) is 1. The molecule has 1 amide bonds. The number of nitrogens with one attached hydrogen (secondary N) is 1. The van der Waals surface area contributed by atoms with Gasteiger partial charge in [0.25, 0.3) is 0 Å². The smallest absolute Gasteiger partial charge is 0.223 e. The molecule has 0 fully saturated rings. The molecule has 0 aromatic heterocycles. The summed E-state index contributed by atoms with van der Waals surface area (Å²) in [5.74, 6) is 0.758. The Balaban J connectivity index is 2.26. The maximum atomic E-state index is 11.6. The number of amides is 1. The Labute approximate surface area is 114 Å².